The van der Waals surface area contributed by atoms with E-state index in [9.17, 15) is 4.79 Å². The van der Waals surface area contributed by atoms with Crippen molar-refractivity contribution in [3.63, 3.8) is 0 Å². The van der Waals surface area contributed by atoms with Crippen LogP contribution < -0.4 is 15.4 Å². The zero-order valence-electron chi connectivity index (χ0n) is 15.6. The summed E-state index contributed by atoms with van der Waals surface area (Å²) in [5.74, 6) is 0.324. The molecule has 1 amide bonds. The molecule has 0 unspecified atom stereocenters. The highest BCUT2D eigenvalue weighted by Gasteiger charge is 2.11. The second-order valence-corrected chi connectivity index (χ2v) is 7.89. The first-order valence-corrected chi connectivity index (χ1v) is 10.5. The summed E-state index contributed by atoms with van der Waals surface area (Å²) in [4.78, 5) is 12.4. The first-order chi connectivity index (χ1) is 14.4. The van der Waals surface area contributed by atoms with Gasteiger partial charge in [0.2, 0.25) is 0 Å². The van der Waals surface area contributed by atoms with Gasteiger partial charge in [-0.2, -0.15) is 0 Å². The van der Waals surface area contributed by atoms with Crippen molar-refractivity contribution in [2.24, 2.45) is 0 Å². The number of thiocarbonyl (C=S) groups is 1. The third-order valence-corrected chi connectivity index (χ3v) is 5.34. The average molecular weight is 480 g/mol. The maximum absolute atomic E-state index is 12.4. The molecule has 0 fully saturated rings. The largest absolute Gasteiger partial charge is 0.493 e. The fourth-order valence-electron chi connectivity index (χ4n) is 2.58. The number of rotatable bonds is 6. The standard InChI is InChI=1S/C22H17Cl3N2O2S/c23-17-12-19(25)20(13-18(17)24)26-22(30)27-21(28)15-6-8-16(9-7-15)29-11-10-14-4-2-1-3-5-14/h1-9,12-13H,10-11H2,(H2,26,27,28,30). The highest BCUT2D eigenvalue weighted by atomic mass is 35.5. The van der Waals surface area contributed by atoms with Gasteiger partial charge in [0.1, 0.15) is 5.75 Å². The Balaban J connectivity index is 1.51. The van der Waals surface area contributed by atoms with Gasteiger partial charge in [-0.15, -0.1) is 0 Å². The van der Waals surface area contributed by atoms with E-state index in [4.69, 9.17) is 51.8 Å². The van der Waals surface area contributed by atoms with E-state index in [1.165, 1.54) is 17.7 Å². The first-order valence-electron chi connectivity index (χ1n) is 8.96. The summed E-state index contributed by atoms with van der Waals surface area (Å²) in [6, 6.07) is 19.9. The van der Waals surface area contributed by atoms with Crippen LogP contribution in [0.15, 0.2) is 66.7 Å². The lowest BCUT2D eigenvalue weighted by Crippen LogP contribution is -2.34. The Kier molecular flexibility index (Phi) is 7.94. The molecule has 3 rings (SSSR count). The van der Waals surface area contributed by atoms with Crippen LogP contribution in [0.2, 0.25) is 15.1 Å². The molecule has 0 atom stereocenters. The molecule has 30 heavy (non-hydrogen) atoms. The average Bonchev–Trinajstić information content (AvgIpc) is 2.73. The number of halogens is 3. The van der Waals surface area contributed by atoms with Crippen LogP contribution in [0.4, 0.5) is 5.69 Å². The van der Waals surface area contributed by atoms with Gasteiger partial charge >= 0.3 is 0 Å². The molecule has 0 saturated carbocycles. The molecular weight excluding hydrogens is 463 g/mol. The van der Waals surface area contributed by atoms with Crippen LogP contribution in [0.3, 0.4) is 0 Å². The minimum absolute atomic E-state index is 0.0866. The normalized spacial score (nSPS) is 10.4. The third kappa shape index (κ3) is 6.34. The Morgan fingerprint density at radius 1 is 0.900 bits per heavy atom. The number of anilines is 1. The molecule has 4 nitrogen and oxygen atoms in total. The fraction of sp³-hybridized carbons (Fsp3) is 0.0909. The zero-order chi connectivity index (χ0) is 21.5. The maximum Gasteiger partial charge on any atom is 0.257 e. The minimum Gasteiger partial charge on any atom is -0.493 e. The van der Waals surface area contributed by atoms with Gasteiger partial charge in [-0.25, -0.2) is 0 Å². The molecule has 0 saturated heterocycles. The van der Waals surface area contributed by atoms with Crippen LogP contribution in [0.5, 0.6) is 5.75 Å². The molecule has 0 aliphatic carbocycles. The predicted octanol–water partition coefficient (Wildman–Crippen LogP) is 6.40. The molecule has 0 heterocycles. The second kappa shape index (κ2) is 10.6. The van der Waals surface area contributed by atoms with Crippen molar-refractivity contribution in [2.45, 2.75) is 6.42 Å². The molecule has 8 heteroatoms. The van der Waals surface area contributed by atoms with Gasteiger partial charge in [0.25, 0.3) is 5.91 Å². The van der Waals surface area contributed by atoms with Gasteiger partial charge in [0, 0.05) is 12.0 Å². The summed E-state index contributed by atoms with van der Waals surface area (Å²) in [7, 11) is 0. The number of amides is 1. The van der Waals surface area contributed by atoms with Crippen molar-refractivity contribution >= 4 is 63.7 Å². The second-order valence-electron chi connectivity index (χ2n) is 6.26. The lowest BCUT2D eigenvalue weighted by Gasteiger charge is -2.12. The van der Waals surface area contributed by atoms with Crippen molar-refractivity contribution in [2.75, 3.05) is 11.9 Å². The monoisotopic (exact) mass is 478 g/mol. The molecule has 2 N–H and O–H groups in total. The van der Waals surface area contributed by atoms with Crippen molar-refractivity contribution in [3.8, 4) is 5.75 Å². The van der Waals surface area contributed by atoms with Crippen LogP contribution in [0, 0.1) is 0 Å². The first kappa shape index (κ1) is 22.4. The smallest absolute Gasteiger partial charge is 0.257 e. The fourth-order valence-corrected chi connectivity index (χ4v) is 3.38. The molecule has 0 spiro atoms. The number of carbonyl (C=O) groups excluding carboxylic acids is 1. The number of nitrogens with one attached hydrogen (secondary N) is 2. The van der Waals surface area contributed by atoms with E-state index in [0.29, 0.717) is 38.7 Å². The number of ether oxygens (including phenoxy) is 1. The molecular formula is C22H17Cl3N2O2S. The van der Waals surface area contributed by atoms with E-state index < -0.39 is 0 Å². The Morgan fingerprint density at radius 2 is 1.57 bits per heavy atom. The summed E-state index contributed by atoms with van der Waals surface area (Å²) in [5, 5.41) is 6.49. The molecule has 0 bridgehead atoms. The summed E-state index contributed by atoms with van der Waals surface area (Å²) >= 11 is 23.2. The lowest BCUT2D eigenvalue weighted by atomic mass is 10.2. The van der Waals surface area contributed by atoms with Crippen LogP contribution >= 0.6 is 47.0 Å². The molecule has 3 aromatic carbocycles. The lowest BCUT2D eigenvalue weighted by molar-refractivity contribution is 0.0977. The van der Waals surface area contributed by atoms with E-state index in [1.54, 1.807) is 24.3 Å². The van der Waals surface area contributed by atoms with E-state index in [0.717, 1.165) is 6.42 Å². The van der Waals surface area contributed by atoms with Gasteiger partial charge in [0.05, 0.1) is 27.4 Å². The molecule has 0 aliphatic heterocycles. The summed E-state index contributed by atoms with van der Waals surface area (Å²) < 4.78 is 5.73. The van der Waals surface area contributed by atoms with Crippen LogP contribution in [-0.2, 0) is 6.42 Å². The van der Waals surface area contributed by atoms with Crippen LogP contribution in [0.25, 0.3) is 0 Å². The quantitative estimate of drug-likeness (QED) is 0.317. The van der Waals surface area contributed by atoms with Gasteiger partial charge in [-0.3, -0.25) is 10.1 Å². The zero-order valence-corrected chi connectivity index (χ0v) is 18.7. The molecule has 3 aromatic rings. The van der Waals surface area contributed by atoms with Gasteiger partial charge < -0.3 is 10.1 Å². The van der Waals surface area contributed by atoms with Gasteiger partial charge in [0.15, 0.2) is 5.11 Å². The number of hydrogen-bond donors (Lipinski definition) is 2. The molecule has 154 valence electrons. The number of benzene rings is 3. The van der Waals surface area contributed by atoms with Crippen molar-refractivity contribution < 1.29 is 9.53 Å². The Hall–Kier alpha value is -2.31. The summed E-state index contributed by atoms with van der Waals surface area (Å²) in [6.07, 6.45) is 0.806. The Bertz CT molecular complexity index is 1040. The van der Waals surface area contributed by atoms with E-state index in [-0.39, 0.29) is 11.0 Å². The van der Waals surface area contributed by atoms with E-state index in [2.05, 4.69) is 22.8 Å². The van der Waals surface area contributed by atoms with Gasteiger partial charge in [-0.1, -0.05) is 65.1 Å². The summed E-state index contributed by atoms with van der Waals surface area (Å²) in [5.41, 5.74) is 2.09. The molecule has 0 radical (unpaired) electrons. The third-order valence-electron chi connectivity index (χ3n) is 4.10. The van der Waals surface area contributed by atoms with Crippen molar-refractivity contribution in [1.82, 2.24) is 5.32 Å². The summed E-state index contributed by atoms with van der Waals surface area (Å²) in [6.45, 7) is 0.550. The van der Waals surface area contributed by atoms with E-state index >= 15 is 0 Å². The Labute approximate surface area is 195 Å². The highest BCUT2D eigenvalue weighted by molar-refractivity contribution is 7.80. The minimum atomic E-state index is -0.362. The number of hydrogen-bond acceptors (Lipinski definition) is 3. The Morgan fingerprint density at radius 3 is 2.27 bits per heavy atom. The molecule has 0 aliphatic rings. The molecule has 0 aromatic heterocycles. The van der Waals surface area contributed by atoms with Crippen molar-refractivity contribution in [1.29, 1.82) is 0 Å². The van der Waals surface area contributed by atoms with E-state index in [1.807, 2.05) is 18.2 Å². The van der Waals surface area contributed by atoms with Crippen LogP contribution in [0.1, 0.15) is 15.9 Å². The predicted molar refractivity (Wildman–Crippen MR) is 127 cm³/mol. The van der Waals surface area contributed by atoms with Gasteiger partial charge in [-0.05, 0) is 54.2 Å². The van der Waals surface area contributed by atoms with Crippen LogP contribution in [-0.4, -0.2) is 17.6 Å². The topological polar surface area (TPSA) is 50.4 Å². The number of carbonyl (C=O) groups is 1. The maximum atomic E-state index is 12.4. The SMILES string of the molecule is O=C(NC(=S)Nc1cc(Cl)c(Cl)cc1Cl)c1ccc(OCCc2ccccc2)cc1. The highest BCUT2D eigenvalue weighted by Crippen LogP contribution is 2.32. The van der Waals surface area contributed by atoms with Crippen molar-refractivity contribution in [3.05, 3.63) is 92.9 Å².